The smallest absolute Gasteiger partial charge is 0.129 e. The van der Waals surface area contributed by atoms with Gasteiger partial charge in [0, 0.05) is 12.1 Å². The molecule has 1 aromatic carbocycles. The van der Waals surface area contributed by atoms with E-state index in [2.05, 4.69) is 33.0 Å². The number of hydrogen-bond donors (Lipinski definition) is 1. The maximum Gasteiger partial charge on any atom is 0.129 e. The third-order valence-corrected chi connectivity index (χ3v) is 3.44. The number of rotatable bonds is 7. The first-order valence-electron chi connectivity index (χ1n) is 6.97. The van der Waals surface area contributed by atoms with Gasteiger partial charge in [0.1, 0.15) is 11.6 Å². The molecule has 0 amide bonds. The van der Waals surface area contributed by atoms with E-state index in [0.717, 1.165) is 25.5 Å². The summed E-state index contributed by atoms with van der Waals surface area (Å²) in [5.74, 6) is -0.947. The molecule has 19 heavy (non-hydrogen) atoms. The zero-order valence-corrected chi connectivity index (χ0v) is 12.4. The summed E-state index contributed by atoms with van der Waals surface area (Å²) >= 11 is 0. The van der Waals surface area contributed by atoms with Gasteiger partial charge < -0.3 is 5.32 Å². The molecule has 0 aliphatic carbocycles. The molecule has 0 atom stereocenters. The minimum atomic E-state index is -0.512. The molecule has 0 spiro atoms. The highest BCUT2D eigenvalue weighted by Crippen LogP contribution is 2.27. The topological polar surface area (TPSA) is 12.0 Å². The molecule has 0 bridgehead atoms. The van der Waals surface area contributed by atoms with E-state index >= 15 is 0 Å². The van der Waals surface area contributed by atoms with Gasteiger partial charge in [0.05, 0.1) is 0 Å². The summed E-state index contributed by atoms with van der Waals surface area (Å²) < 4.78 is 26.3. The molecule has 0 saturated carbocycles. The summed E-state index contributed by atoms with van der Waals surface area (Å²) in [6.45, 7) is 9.60. The van der Waals surface area contributed by atoms with Crippen LogP contribution in [0, 0.1) is 17.0 Å². The number of hydrogen-bond acceptors (Lipinski definition) is 1. The normalized spacial score (nSPS) is 12.2. The van der Waals surface area contributed by atoms with E-state index in [-0.39, 0.29) is 5.41 Å². The van der Waals surface area contributed by atoms with E-state index in [4.69, 9.17) is 0 Å². The minimum absolute atomic E-state index is 0.155. The van der Waals surface area contributed by atoms with E-state index in [1.807, 2.05) is 0 Å². The van der Waals surface area contributed by atoms with Crippen LogP contribution in [0.15, 0.2) is 18.2 Å². The Morgan fingerprint density at radius 3 is 2.42 bits per heavy atom. The van der Waals surface area contributed by atoms with Crippen LogP contribution >= 0.6 is 0 Å². The lowest BCUT2D eigenvalue weighted by molar-refractivity contribution is 0.297. The second-order valence-electron chi connectivity index (χ2n) is 6.26. The molecule has 0 aromatic heterocycles. The highest BCUT2D eigenvalue weighted by Gasteiger charge is 2.18. The lowest BCUT2D eigenvalue weighted by Crippen LogP contribution is -2.28. The highest BCUT2D eigenvalue weighted by atomic mass is 19.1. The summed E-state index contributed by atoms with van der Waals surface area (Å²) in [5.41, 5.74) is 0.759. The van der Waals surface area contributed by atoms with Gasteiger partial charge in [-0.2, -0.15) is 0 Å². The molecule has 0 aliphatic rings. The maximum atomic E-state index is 13.5. The Kier molecular flexibility index (Phi) is 5.92. The van der Waals surface area contributed by atoms with Gasteiger partial charge in [0.25, 0.3) is 0 Å². The Bertz CT molecular complexity index is 400. The molecule has 1 aromatic rings. The van der Waals surface area contributed by atoms with Gasteiger partial charge >= 0.3 is 0 Å². The van der Waals surface area contributed by atoms with Crippen LogP contribution in [0.2, 0.25) is 0 Å². The first kappa shape index (κ1) is 16.1. The molecular weight excluding hydrogens is 244 g/mol. The Labute approximate surface area is 115 Å². The van der Waals surface area contributed by atoms with Crippen molar-refractivity contribution in [3.05, 3.63) is 35.4 Å². The van der Waals surface area contributed by atoms with Crippen molar-refractivity contribution in [2.75, 3.05) is 6.54 Å². The van der Waals surface area contributed by atoms with Crippen molar-refractivity contribution < 1.29 is 8.78 Å². The molecule has 0 saturated heterocycles. The highest BCUT2D eigenvalue weighted by molar-refractivity contribution is 5.18. The average Bonchev–Trinajstić information content (AvgIpc) is 2.27. The third kappa shape index (κ3) is 6.15. The average molecular weight is 269 g/mol. The van der Waals surface area contributed by atoms with Crippen LogP contribution in [-0.4, -0.2) is 12.6 Å². The fraction of sp³-hybridized carbons (Fsp3) is 0.625. The SMILES string of the molecule is CC(C)NCCC(C)(C)CCc1ccc(F)cc1F. The summed E-state index contributed by atoms with van der Waals surface area (Å²) in [6, 6.07) is 4.33. The summed E-state index contributed by atoms with van der Waals surface area (Å²) in [5, 5.41) is 3.39. The molecule has 0 fully saturated rings. The van der Waals surface area contributed by atoms with Crippen LogP contribution < -0.4 is 5.32 Å². The quantitative estimate of drug-likeness (QED) is 0.777. The van der Waals surface area contributed by atoms with E-state index in [1.54, 1.807) is 6.07 Å². The predicted octanol–water partition coefficient (Wildman–Crippen LogP) is 4.31. The Hall–Kier alpha value is -0.960. The second kappa shape index (κ2) is 6.99. The molecule has 0 aliphatic heterocycles. The van der Waals surface area contributed by atoms with E-state index in [0.29, 0.717) is 18.0 Å². The summed E-state index contributed by atoms with van der Waals surface area (Å²) in [4.78, 5) is 0. The van der Waals surface area contributed by atoms with Crippen molar-refractivity contribution >= 4 is 0 Å². The fourth-order valence-corrected chi connectivity index (χ4v) is 2.02. The van der Waals surface area contributed by atoms with Crippen LogP contribution in [0.5, 0.6) is 0 Å². The predicted molar refractivity (Wildman–Crippen MR) is 76.2 cm³/mol. The number of nitrogens with one attached hydrogen (secondary N) is 1. The number of aryl methyl sites for hydroxylation is 1. The van der Waals surface area contributed by atoms with Crippen molar-refractivity contribution in [1.29, 1.82) is 0 Å². The molecule has 1 nitrogen and oxygen atoms in total. The third-order valence-electron chi connectivity index (χ3n) is 3.44. The largest absolute Gasteiger partial charge is 0.315 e. The van der Waals surface area contributed by atoms with Crippen molar-refractivity contribution in [3.8, 4) is 0 Å². The Morgan fingerprint density at radius 1 is 1.16 bits per heavy atom. The molecule has 108 valence electrons. The van der Waals surface area contributed by atoms with Crippen molar-refractivity contribution in [2.45, 2.75) is 53.0 Å². The van der Waals surface area contributed by atoms with Crippen LogP contribution in [0.1, 0.15) is 46.1 Å². The van der Waals surface area contributed by atoms with Crippen molar-refractivity contribution in [3.63, 3.8) is 0 Å². The number of halogens is 2. The molecule has 1 rings (SSSR count). The standard InChI is InChI=1S/C16H25F2N/c1-12(2)19-10-9-16(3,4)8-7-13-5-6-14(17)11-15(13)18/h5-6,11-12,19H,7-10H2,1-4H3. The van der Waals surface area contributed by atoms with Crippen LogP contribution in [0.4, 0.5) is 8.78 Å². The second-order valence-corrected chi connectivity index (χ2v) is 6.26. The van der Waals surface area contributed by atoms with Crippen LogP contribution in [0.25, 0.3) is 0 Å². The zero-order valence-electron chi connectivity index (χ0n) is 12.4. The molecule has 0 heterocycles. The first-order chi connectivity index (χ1) is 8.80. The Balaban J connectivity index is 2.45. The zero-order chi connectivity index (χ0) is 14.5. The van der Waals surface area contributed by atoms with Crippen molar-refractivity contribution in [2.24, 2.45) is 5.41 Å². The van der Waals surface area contributed by atoms with Crippen molar-refractivity contribution in [1.82, 2.24) is 5.32 Å². The van der Waals surface area contributed by atoms with Crippen LogP contribution in [-0.2, 0) is 6.42 Å². The van der Waals surface area contributed by atoms with Gasteiger partial charge in [-0.1, -0.05) is 33.8 Å². The van der Waals surface area contributed by atoms with E-state index < -0.39 is 11.6 Å². The van der Waals surface area contributed by atoms with Gasteiger partial charge in [-0.3, -0.25) is 0 Å². The van der Waals surface area contributed by atoms with Gasteiger partial charge in [0.15, 0.2) is 0 Å². The molecule has 0 unspecified atom stereocenters. The van der Waals surface area contributed by atoms with Gasteiger partial charge in [-0.15, -0.1) is 0 Å². The van der Waals surface area contributed by atoms with Gasteiger partial charge in [-0.05, 0) is 42.9 Å². The van der Waals surface area contributed by atoms with Gasteiger partial charge in [0.2, 0.25) is 0 Å². The van der Waals surface area contributed by atoms with E-state index in [9.17, 15) is 8.78 Å². The van der Waals surface area contributed by atoms with E-state index in [1.165, 1.54) is 6.07 Å². The molecule has 1 N–H and O–H groups in total. The number of benzene rings is 1. The lowest BCUT2D eigenvalue weighted by atomic mass is 9.83. The lowest BCUT2D eigenvalue weighted by Gasteiger charge is -2.25. The first-order valence-corrected chi connectivity index (χ1v) is 6.97. The van der Waals surface area contributed by atoms with Gasteiger partial charge in [-0.25, -0.2) is 8.78 Å². The molecule has 0 radical (unpaired) electrons. The Morgan fingerprint density at radius 2 is 1.84 bits per heavy atom. The monoisotopic (exact) mass is 269 g/mol. The minimum Gasteiger partial charge on any atom is -0.315 e. The molecular formula is C16H25F2N. The summed E-state index contributed by atoms with van der Waals surface area (Å²) in [7, 11) is 0. The van der Waals surface area contributed by atoms with Crippen LogP contribution in [0.3, 0.4) is 0 Å². The summed E-state index contributed by atoms with van der Waals surface area (Å²) in [6.07, 6.45) is 2.60. The fourth-order valence-electron chi connectivity index (χ4n) is 2.02. The maximum absolute atomic E-state index is 13.5. The molecule has 3 heteroatoms.